The zero-order valence-corrected chi connectivity index (χ0v) is 8.04. The van der Waals surface area contributed by atoms with Crippen molar-refractivity contribution in [1.82, 2.24) is 0 Å². The van der Waals surface area contributed by atoms with Crippen LogP contribution in [0.2, 0.25) is 0 Å². The summed E-state index contributed by atoms with van der Waals surface area (Å²) in [6.07, 6.45) is -0.211. The van der Waals surface area contributed by atoms with E-state index >= 15 is 0 Å². The first-order valence-corrected chi connectivity index (χ1v) is 4.26. The SMILES string of the molecule is N[C@@H](Cc1ccc(C(=O)O)oc1=O)C(=O)O. The van der Waals surface area contributed by atoms with Crippen molar-refractivity contribution in [2.75, 3.05) is 0 Å². The van der Waals surface area contributed by atoms with Gasteiger partial charge in [0.15, 0.2) is 0 Å². The fourth-order valence-electron chi connectivity index (χ4n) is 1.03. The Morgan fingerprint density at radius 3 is 2.44 bits per heavy atom. The van der Waals surface area contributed by atoms with Crippen LogP contribution < -0.4 is 11.4 Å². The number of carboxylic acids is 2. The topological polar surface area (TPSA) is 131 Å². The Balaban J connectivity index is 2.96. The summed E-state index contributed by atoms with van der Waals surface area (Å²) in [4.78, 5) is 32.1. The minimum atomic E-state index is -1.37. The molecular weight excluding hydrogens is 218 g/mol. The normalized spacial score (nSPS) is 12.1. The second-order valence-electron chi connectivity index (χ2n) is 3.07. The summed E-state index contributed by atoms with van der Waals surface area (Å²) in [5, 5.41) is 17.0. The largest absolute Gasteiger partial charge is 0.480 e. The Hall–Kier alpha value is -2.15. The first-order valence-electron chi connectivity index (χ1n) is 4.26. The van der Waals surface area contributed by atoms with Gasteiger partial charge in [-0.1, -0.05) is 0 Å². The average molecular weight is 227 g/mol. The van der Waals surface area contributed by atoms with Crippen LogP contribution in [0.3, 0.4) is 0 Å². The van der Waals surface area contributed by atoms with Gasteiger partial charge in [0.2, 0.25) is 5.76 Å². The van der Waals surface area contributed by atoms with Crippen LogP contribution in [0, 0.1) is 0 Å². The predicted octanol–water partition coefficient (Wildman–Crippen LogP) is -0.708. The van der Waals surface area contributed by atoms with Crippen LogP contribution in [0.5, 0.6) is 0 Å². The van der Waals surface area contributed by atoms with Crippen molar-refractivity contribution in [2.24, 2.45) is 5.73 Å². The van der Waals surface area contributed by atoms with Gasteiger partial charge in [-0.15, -0.1) is 0 Å². The van der Waals surface area contributed by atoms with Gasteiger partial charge < -0.3 is 20.4 Å². The van der Waals surface area contributed by atoms with Gasteiger partial charge in [0.05, 0.1) is 0 Å². The molecule has 0 saturated carbocycles. The molecule has 1 atom stereocenters. The zero-order valence-electron chi connectivity index (χ0n) is 8.04. The van der Waals surface area contributed by atoms with E-state index in [1.54, 1.807) is 0 Å². The number of hydrogen-bond donors (Lipinski definition) is 3. The summed E-state index contributed by atoms with van der Waals surface area (Å²) in [6.45, 7) is 0. The van der Waals surface area contributed by atoms with Crippen LogP contribution in [-0.2, 0) is 11.2 Å². The van der Waals surface area contributed by atoms with Crippen LogP contribution in [0.1, 0.15) is 16.1 Å². The smallest absolute Gasteiger partial charge is 0.371 e. The van der Waals surface area contributed by atoms with Crippen LogP contribution in [0.15, 0.2) is 21.3 Å². The molecule has 0 spiro atoms. The highest BCUT2D eigenvalue weighted by Gasteiger charge is 2.16. The van der Waals surface area contributed by atoms with Crippen molar-refractivity contribution in [2.45, 2.75) is 12.5 Å². The average Bonchev–Trinajstić information content (AvgIpc) is 2.20. The predicted molar refractivity (Wildman–Crippen MR) is 51.3 cm³/mol. The lowest BCUT2D eigenvalue weighted by Crippen LogP contribution is -2.34. The number of hydrogen-bond acceptors (Lipinski definition) is 5. The molecule has 1 rings (SSSR count). The molecule has 1 aromatic heterocycles. The fourth-order valence-corrected chi connectivity index (χ4v) is 1.03. The van der Waals surface area contributed by atoms with Gasteiger partial charge in [0, 0.05) is 12.0 Å². The molecule has 4 N–H and O–H groups in total. The number of rotatable bonds is 4. The third-order valence-electron chi connectivity index (χ3n) is 1.87. The van der Waals surface area contributed by atoms with E-state index < -0.39 is 29.4 Å². The molecule has 1 aromatic rings. The molecule has 0 aliphatic rings. The Morgan fingerprint density at radius 1 is 1.38 bits per heavy atom. The van der Waals surface area contributed by atoms with Gasteiger partial charge in [0.25, 0.3) is 0 Å². The van der Waals surface area contributed by atoms with Crippen LogP contribution in [0.4, 0.5) is 0 Å². The lowest BCUT2D eigenvalue weighted by molar-refractivity contribution is -0.138. The molecule has 0 aliphatic carbocycles. The summed E-state index contributed by atoms with van der Waals surface area (Å²) < 4.78 is 4.45. The Bertz CT molecular complexity index is 477. The van der Waals surface area contributed by atoms with Crippen LogP contribution in [-0.4, -0.2) is 28.2 Å². The standard InChI is InChI=1S/C9H9NO6/c10-5(7(11)12)3-4-1-2-6(8(13)14)16-9(4)15/h1-2,5H,3,10H2,(H,11,12)(H,13,14)/t5-/m0/s1. The van der Waals surface area contributed by atoms with Gasteiger partial charge >= 0.3 is 17.6 Å². The van der Waals surface area contributed by atoms with Crippen LogP contribution >= 0.6 is 0 Å². The molecule has 1 heterocycles. The van der Waals surface area contributed by atoms with Crippen molar-refractivity contribution in [3.8, 4) is 0 Å². The highest BCUT2D eigenvalue weighted by Crippen LogP contribution is 2.01. The molecule has 86 valence electrons. The zero-order chi connectivity index (χ0) is 12.3. The fraction of sp³-hybridized carbons (Fsp3) is 0.222. The second-order valence-corrected chi connectivity index (χ2v) is 3.07. The van der Waals surface area contributed by atoms with Crippen molar-refractivity contribution in [1.29, 1.82) is 0 Å². The van der Waals surface area contributed by atoms with Crippen molar-refractivity contribution in [3.05, 3.63) is 33.9 Å². The van der Waals surface area contributed by atoms with E-state index in [1.165, 1.54) is 6.07 Å². The van der Waals surface area contributed by atoms with Gasteiger partial charge in [-0.05, 0) is 12.1 Å². The molecular formula is C9H9NO6. The maximum atomic E-state index is 11.2. The molecule has 7 heteroatoms. The lowest BCUT2D eigenvalue weighted by atomic mass is 10.1. The molecule has 0 saturated heterocycles. The number of carbonyl (C=O) groups is 2. The molecule has 0 aliphatic heterocycles. The number of aliphatic carboxylic acids is 1. The van der Waals surface area contributed by atoms with Crippen molar-refractivity contribution < 1.29 is 24.2 Å². The van der Waals surface area contributed by atoms with Gasteiger partial charge in [-0.2, -0.15) is 0 Å². The number of nitrogens with two attached hydrogens (primary N) is 1. The maximum absolute atomic E-state index is 11.2. The maximum Gasteiger partial charge on any atom is 0.371 e. The highest BCUT2D eigenvalue weighted by molar-refractivity contribution is 5.84. The second kappa shape index (κ2) is 4.58. The first kappa shape index (κ1) is 11.9. The number of aromatic carboxylic acids is 1. The molecule has 16 heavy (non-hydrogen) atoms. The minimum Gasteiger partial charge on any atom is -0.480 e. The van der Waals surface area contributed by atoms with E-state index in [1.807, 2.05) is 0 Å². The van der Waals surface area contributed by atoms with E-state index in [4.69, 9.17) is 15.9 Å². The van der Waals surface area contributed by atoms with Crippen LogP contribution in [0.25, 0.3) is 0 Å². The van der Waals surface area contributed by atoms with E-state index in [0.29, 0.717) is 0 Å². The molecule has 0 fully saturated rings. The Morgan fingerprint density at radius 2 is 2.00 bits per heavy atom. The minimum absolute atomic E-state index is 0.0277. The van der Waals surface area contributed by atoms with E-state index in [-0.39, 0.29) is 12.0 Å². The van der Waals surface area contributed by atoms with E-state index in [9.17, 15) is 14.4 Å². The summed E-state index contributed by atoms with van der Waals surface area (Å²) in [6, 6.07) is 1.05. The Kier molecular flexibility index (Phi) is 3.41. The molecule has 0 aromatic carbocycles. The Labute approximate surface area is 89.1 Å². The lowest BCUT2D eigenvalue weighted by Gasteiger charge is -2.04. The summed E-state index contributed by atoms with van der Waals surface area (Å²) in [7, 11) is 0. The number of carboxylic acid groups (broad SMARTS) is 2. The highest BCUT2D eigenvalue weighted by atomic mass is 16.4. The molecule has 0 amide bonds. The van der Waals surface area contributed by atoms with E-state index in [0.717, 1.165) is 6.07 Å². The van der Waals surface area contributed by atoms with Gasteiger partial charge in [0.1, 0.15) is 6.04 Å². The summed E-state index contributed by atoms with van der Waals surface area (Å²) in [5.74, 6) is -3.12. The van der Waals surface area contributed by atoms with Gasteiger partial charge in [-0.25, -0.2) is 9.59 Å². The third-order valence-corrected chi connectivity index (χ3v) is 1.87. The van der Waals surface area contributed by atoms with Crippen molar-refractivity contribution in [3.63, 3.8) is 0 Å². The molecule has 0 bridgehead atoms. The third kappa shape index (κ3) is 2.67. The quantitative estimate of drug-likeness (QED) is 0.619. The van der Waals surface area contributed by atoms with Crippen molar-refractivity contribution >= 4 is 11.9 Å². The summed E-state index contributed by atoms with van der Waals surface area (Å²) >= 11 is 0. The summed E-state index contributed by atoms with van der Waals surface area (Å²) in [5.41, 5.74) is 4.35. The van der Waals surface area contributed by atoms with Gasteiger partial charge in [-0.3, -0.25) is 4.79 Å². The molecule has 0 radical (unpaired) electrons. The van der Waals surface area contributed by atoms with E-state index in [2.05, 4.69) is 4.42 Å². The molecule has 0 unspecified atom stereocenters. The monoisotopic (exact) mass is 227 g/mol. The first-order chi connectivity index (χ1) is 7.41. The molecule has 7 nitrogen and oxygen atoms in total.